The molecule has 5 aromatic heterocycles. The van der Waals surface area contributed by atoms with Gasteiger partial charge in [-0.2, -0.15) is 5.10 Å². The average Bonchev–Trinajstić information content (AvgIpc) is 3.69. The first-order chi connectivity index (χ1) is 19.9. The van der Waals surface area contributed by atoms with Crippen molar-refractivity contribution >= 4 is 27.7 Å². The number of piperazine rings is 1. The molecule has 210 valence electrons. The Labute approximate surface area is 238 Å². The smallest absolute Gasteiger partial charge is 0.270 e. The third-order valence-corrected chi connectivity index (χ3v) is 8.65. The molecule has 7 rings (SSSR count). The van der Waals surface area contributed by atoms with Crippen LogP contribution >= 0.6 is 0 Å². The van der Waals surface area contributed by atoms with Gasteiger partial charge in [-0.3, -0.25) is 14.8 Å². The number of nitrogens with zero attached hydrogens (tertiary/aromatic N) is 8. The molecule has 1 saturated carbocycles. The van der Waals surface area contributed by atoms with Crippen molar-refractivity contribution in [1.29, 1.82) is 0 Å². The van der Waals surface area contributed by atoms with Gasteiger partial charge in [0, 0.05) is 74.1 Å². The van der Waals surface area contributed by atoms with Crippen LogP contribution in [0.15, 0.2) is 36.8 Å². The highest BCUT2D eigenvalue weighted by atomic mass is 16.5. The highest BCUT2D eigenvalue weighted by Gasteiger charge is 2.33. The third kappa shape index (κ3) is 4.16. The van der Waals surface area contributed by atoms with Crippen LogP contribution in [0.3, 0.4) is 0 Å². The van der Waals surface area contributed by atoms with E-state index >= 15 is 0 Å². The number of amides is 1. The maximum absolute atomic E-state index is 13.8. The van der Waals surface area contributed by atoms with Gasteiger partial charge in [0.1, 0.15) is 11.4 Å². The van der Waals surface area contributed by atoms with E-state index in [-0.39, 0.29) is 5.91 Å². The Bertz CT molecular complexity index is 1830. The van der Waals surface area contributed by atoms with Crippen LogP contribution in [0.1, 0.15) is 46.2 Å². The highest BCUT2D eigenvalue weighted by Crippen LogP contribution is 2.44. The minimum atomic E-state index is 0.0962. The van der Waals surface area contributed by atoms with E-state index in [1.54, 1.807) is 19.5 Å². The monoisotopic (exact) mass is 550 g/mol. The molecule has 2 aliphatic rings. The molecule has 1 saturated heterocycles. The van der Waals surface area contributed by atoms with E-state index in [0.29, 0.717) is 11.7 Å². The number of aryl methyl sites for hydroxylation is 3. The zero-order valence-corrected chi connectivity index (χ0v) is 24.2. The van der Waals surface area contributed by atoms with Crippen molar-refractivity contribution in [2.24, 2.45) is 7.05 Å². The summed E-state index contributed by atoms with van der Waals surface area (Å²) in [6.07, 6.45) is 7.55. The normalized spacial score (nSPS) is 16.2. The maximum atomic E-state index is 13.8. The van der Waals surface area contributed by atoms with Crippen LogP contribution < -0.4 is 4.74 Å². The van der Waals surface area contributed by atoms with Gasteiger partial charge in [-0.05, 0) is 51.4 Å². The molecule has 1 aliphatic carbocycles. The van der Waals surface area contributed by atoms with Gasteiger partial charge in [-0.25, -0.2) is 9.67 Å². The Morgan fingerprint density at radius 3 is 2.51 bits per heavy atom. The van der Waals surface area contributed by atoms with Gasteiger partial charge in [0.05, 0.1) is 41.3 Å². The Kier molecular flexibility index (Phi) is 6.04. The number of ether oxygens (including phenoxy) is 1. The zero-order valence-electron chi connectivity index (χ0n) is 24.2. The summed E-state index contributed by atoms with van der Waals surface area (Å²) in [4.78, 5) is 32.4. The molecule has 2 fully saturated rings. The van der Waals surface area contributed by atoms with E-state index in [1.807, 2.05) is 41.9 Å². The Balaban J connectivity index is 1.39. The first kappa shape index (κ1) is 25.6. The van der Waals surface area contributed by atoms with Crippen LogP contribution in [0.2, 0.25) is 0 Å². The molecule has 10 heteroatoms. The Morgan fingerprint density at radius 1 is 1.00 bits per heavy atom. The molecule has 41 heavy (non-hydrogen) atoms. The van der Waals surface area contributed by atoms with Gasteiger partial charge >= 0.3 is 0 Å². The lowest BCUT2D eigenvalue weighted by Gasteiger charge is -2.32. The molecule has 1 aliphatic heterocycles. The van der Waals surface area contributed by atoms with Gasteiger partial charge in [0.15, 0.2) is 5.82 Å². The summed E-state index contributed by atoms with van der Waals surface area (Å²) in [5.41, 5.74) is 7.20. The largest absolute Gasteiger partial charge is 0.496 e. The molecule has 5 aromatic rings. The summed E-state index contributed by atoms with van der Waals surface area (Å²) in [5.74, 6) is 1.94. The molecule has 6 heterocycles. The predicted molar refractivity (Wildman–Crippen MR) is 158 cm³/mol. The molecule has 0 radical (unpaired) electrons. The van der Waals surface area contributed by atoms with Crippen molar-refractivity contribution in [2.45, 2.75) is 32.6 Å². The highest BCUT2D eigenvalue weighted by molar-refractivity contribution is 6.03. The van der Waals surface area contributed by atoms with E-state index in [0.717, 1.165) is 101 Å². The predicted octanol–water partition coefficient (Wildman–Crippen LogP) is 4.26. The fraction of sp³-hybridized carbons (Fsp3) is 0.387. The summed E-state index contributed by atoms with van der Waals surface area (Å²) in [6.45, 7) is 7.33. The summed E-state index contributed by atoms with van der Waals surface area (Å²) in [5, 5.41) is 6.85. The first-order valence-electron chi connectivity index (χ1n) is 14.2. The molecule has 0 unspecified atom stereocenters. The molecule has 0 aromatic carbocycles. The van der Waals surface area contributed by atoms with Crippen LogP contribution in [0.5, 0.6) is 5.75 Å². The summed E-state index contributed by atoms with van der Waals surface area (Å²) in [6, 6.07) is 5.93. The summed E-state index contributed by atoms with van der Waals surface area (Å²) >= 11 is 0. The van der Waals surface area contributed by atoms with Crippen LogP contribution in [-0.4, -0.2) is 85.3 Å². The quantitative estimate of drug-likeness (QED) is 0.323. The molecule has 0 spiro atoms. The Morgan fingerprint density at radius 2 is 1.78 bits per heavy atom. The number of hydrogen-bond acceptors (Lipinski definition) is 7. The van der Waals surface area contributed by atoms with Crippen LogP contribution in [0.4, 0.5) is 0 Å². The van der Waals surface area contributed by atoms with E-state index in [9.17, 15) is 4.79 Å². The van der Waals surface area contributed by atoms with Gasteiger partial charge in [-0.15, -0.1) is 0 Å². The zero-order chi connectivity index (χ0) is 28.4. The molecule has 1 amide bonds. The maximum Gasteiger partial charge on any atom is 0.270 e. The standard InChI is InChI=1S/C31H34N8O2/c1-18-28-25(37(4)30(18)31(40)38-12-10-36(3)11-13-38)15-27(35-29(28)20-6-7-20)39-24-14-23(34-19(2)21(24)17-33-39)22-16-32-9-8-26(22)41-5/h8-9,14-17,20H,6-7,10-13H2,1-5H3. The number of methoxy groups -OCH3 is 1. The van der Waals surface area contributed by atoms with Crippen LogP contribution in [0, 0.1) is 13.8 Å². The van der Waals surface area contributed by atoms with Gasteiger partial charge in [0.2, 0.25) is 0 Å². The van der Waals surface area contributed by atoms with Crippen molar-refractivity contribution in [2.75, 3.05) is 40.3 Å². The molecular weight excluding hydrogens is 516 g/mol. The lowest BCUT2D eigenvalue weighted by molar-refractivity contribution is 0.0654. The van der Waals surface area contributed by atoms with E-state index in [1.165, 1.54) is 0 Å². The number of carbonyl (C=O) groups is 1. The van der Waals surface area contributed by atoms with Gasteiger partial charge in [-0.1, -0.05) is 0 Å². The number of aromatic nitrogens is 6. The average molecular weight is 551 g/mol. The number of likely N-dealkylation sites (N-methyl/N-ethyl adjacent to an activating group) is 1. The van der Waals surface area contributed by atoms with Crippen molar-refractivity contribution < 1.29 is 9.53 Å². The number of rotatable bonds is 5. The topological polar surface area (TPSA) is 94.2 Å². The third-order valence-electron chi connectivity index (χ3n) is 8.65. The van der Waals surface area contributed by atoms with Crippen molar-refractivity contribution in [3.05, 3.63) is 59.4 Å². The summed E-state index contributed by atoms with van der Waals surface area (Å²) < 4.78 is 9.55. The molecule has 10 nitrogen and oxygen atoms in total. The second-order valence-electron chi connectivity index (χ2n) is 11.3. The molecule has 0 N–H and O–H groups in total. The second kappa shape index (κ2) is 9.66. The summed E-state index contributed by atoms with van der Waals surface area (Å²) in [7, 11) is 5.75. The number of hydrogen-bond donors (Lipinski definition) is 0. The Hall–Kier alpha value is -4.31. The lowest BCUT2D eigenvalue weighted by atomic mass is 10.1. The first-order valence-corrected chi connectivity index (χ1v) is 14.2. The number of fused-ring (bicyclic) bond motifs is 2. The van der Waals surface area contributed by atoms with Crippen molar-refractivity contribution in [3.63, 3.8) is 0 Å². The second-order valence-corrected chi connectivity index (χ2v) is 11.3. The van der Waals surface area contributed by atoms with Gasteiger partial charge in [0.25, 0.3) is 5.91 Å². The molecule has 0 bridgehead atoms. The molecule has 0 atom stereocenters. The minimum absolute atomic E-state index is 0.0962. The van der Waals surface area contributed by atoms with E-state index in [4.69, 9.17) is 19.8 Å². The fourth-order valence-electron chi connectivity index (χ4n) is 6.15. The van der Waals surface area contributed by atoms with E-state index < -0.39 is 0 Å². The van der Waals surface area contributed by atoms with Crippen molar-refractivity contribution in [3.8, 4) is 22.8 Å². The number of pyridine rings is 3. The van der Waals surface area contributed by atoms with Crippen LogP contribution in [-0.2, 0) is 7.05 Å². The van der Waals surface area contributed by atoms with Gasteiger partial charge < -0.3 is 19.1 Å². The SMILES string of the molecule is COc1ccncc1-c1cc2c(cnn2-c2cc3c(c(C4CC4)n2)c(C)c(C(=O)N2CCN(C)CC2)n3C)c(C)n1. The fourth-order valence-corrected chi connectivity index (χ4v) is 6.15. The van der Waals surface area contributed by atoms with E-state index in [2.05, 4.69) is 34.5 Å². The van der Waals surface area contributed by atoms with Crippen molar-refractivity contribution in [1.82, 2.24) is 39.1 Å². The lowest BCUT2D eigenvalue weighted by Crippen LogP contribution is -2.47. The number of carbonyl (C=O) groups excluding carboxylic acids is 1. The molecular formula is C31H34N8O2. The minimum Gasteiger partial charge on any atom is -0.496 e. The van der Waals surface area contributed by atoms with Crippen LogP contribution in [0.25, 0.3) is 38.9 Å².